The van der Waals surface area contributed by atoms with E-state index >= 15 is 0 Å². The van der Waals surface area contributed by atoms with Crippen LogP contribution in [-0.2, 0) is 14.6 Å². The second-order valence-electron chi connectivity index (χ2n) is 4.50. The van der Waals surface area contributed by atoms with E-state index in [4.69, 9.17) is 15.6 Å². The lowest BCUT2D eigenvalue weighted by atomic mass is 10.1. The highest BCUT2D eigenvalue weighted by atomic mass is 32.2. The predicted molar refractivity (Wildman–Crippen MR) is 76.1 cm³/mol. The van der Waals surface area contributed by atoms with Crippen LogP contribution >= 0.6 is 0 Å². The van der Waals surface area contributed by atoms with Gasteiger partial charge in [-0.15, -0.1) is 0 Å². The summed E-state index contributed by atoms with van der Waals surface area (Å²) in [6.45, 7) is 1.55. The number of aromatic carboxylic acids is 1. The number of amides is 1. The van der Waals surface area contributed by atoms with Gasteiger partial charge in [0.2, 0.25) is 5.91 Å². The van der Waals surface area contributed by atoms with Crippen LogP contribution in [0.25, 0.3) is 0 Å². The summed E-state index contributed by atoms with van der Waals surface area (Å²) in [5.74, 6) is -1.85. The van der Waals surface area contributed by atoms with Gasteiger partial charge in [0.25, 0.3) is 0 Å². The maximum absolute atomic E-state index is 11.6. The van der Waals surface area contributed by atoms with Crippen LogP contribution in [0, 0.1) is 6.92 Å². The molecule has 0 fully saturated rings. The third-order valence-corrected chi connectivity index (χ3v) is 4.37. The molecule has 1 rings (SSSR count). The fraction of sp³-hybridized carbons (Fsp3) is 0.385. The average molecular weight is 315 g/mol. The number of carboxylic acid groups (broad SMARTS) is 1. The van der Waals surface area contributed by atoms with E-state index in [1.54, 1.807) is 6.92 Å². The minimum atomic E-state index is -3.40. The number of hydrogen-bond donors (Lipinski definition) is 2. The molecule has 0 aromatic heterocycles. The molecule has 1 aromatic carbocycles. The molecular weight excluding hydrogens is 298 g/mol. The van der Waals surface area contributed by atoms with Crippen LogP contribution in [0.5, 0.6) is 5.75 Å². The van der Waals surface area contributed by atoms with Crippen molar-refractivity contribution in [1.29, 1.82) is 0 Å². The molecule has 21 heavy (non-hydrogen) atoms. The number of primary amides is 1. The zero-order chi connectivity index (χ0) is 16.0. The van der Waals surface area contributed by atoms with E-state index < -0.39 is 21.7 Å². The van der Waals surface area contributed by atoms with Gasteiger partial charge in [0, 0.05) is 6.42 Å². The van der Waals surface area contributed by atoms with E-state index in [9.17, 15) is 18.0 Å². The van der Waals surface area contributed by atoms with Gasteiger partial charge >= 0.3 is 5.97 Å². The number of benzene rings is 1. The number of carbonyl (C=O) groups is 2. The van der Waals surface area contributed by atoms with Gasteiger partial charge in [0.1, 0.15) is 12.4 Å². The van der Waals surface area contributed by atoms with Gasteiger partial charge in [-0.05, 0) is 30.7 Å². The molecule has 0 spiro atoms. The minimum Gasteiger partial charge on any atom is -0.493 e. The van der Waals surface area contributed by atoms with Crippen LogP contribution in [0.1, 0.15) is 22.3 Å². The summed E-state index contributed by atoms with van der Waals surface area (Å²) in [5.41, 5.74) is 5.58. The molecule has 0 aliphatic rings. The Labute approximate surface area is 122 Å². The average Bonchev–Trinajstić information content (AvgIpc) is 2.36. The molecule has 0 atom stereocenters. The summed E-state index contributed by atoms with van der Waals surface area (Å²) >= 11 is 0. The first-order valence-corrected chi connectivity index (χ1v) is 7.99. The molecule has 7 nitrogen and oxygen atoms in total. The van der Waals surface area contributed by atoms with Crippen LogP contribution < -0.4 is 10.5 Å². The molecule has 0 bridgehead atoms. The van der Waals surface area contributed by atoms with E-state index in [0.717, 1.165) is 0 Å². The third kappa shape index (κ3) is 5.82. The highest BCUT2D eigenvalue weighted by molar-refractivity contribution is 7.91. The van der Waals surface area contributed by atoms with Crippen molar-refractivity contribution in [2.75, 3.05) is 18.1 Å². The van der Waals surface area contributed by atoms with Crippen LogP contribution in [0.2, 0.25) is 0 Å². The highest BCUT2D eigenvalue weighted by Crippen LogP contribution is 2.17. The van der Waals surface area contributed by atoms with E-state index in [2.05, 4.69) is 0 Å². The Kier molecular flexibility index (Phi) is 5.71. The van der Waals surface area contributed by atoms with Crippen molar-refractivity contribution < 1.29 is 27.9 Å². The number of carboxylic acids is 1. The van der Waals surface area contributed by atoms with Crippen LogP contribution in [0.15, 0.2) is 18.2 Å². The molecular formula is C13H17NO6S. The maximum Gasteiger partial charge on any atom is 0.335 e. The Morgan fingerprint density at radius 3 is 2.48 bits per heavy atom. The molecule has 0 aliphatic carbocycles. The monoisotopic (exact) mass is 315 g/mol. The van der Waals surface area contributed by atoms with Crippen molar-refractivity contribution in [2.24, 2.45) is 5.73 Å². The molecule has 8 heteroatoms. The molecule has 0 heterocycles. The number of carbonyl (C=O) groups excluding carboxylic acids is 1. The van der Waals surface area contributed by atoms with E-state index in [1.807, 2.05) is 0 Å². The molecule has 116 valence electrons. The number of ether oxygens (including phenoxy) is 1. The topological polar surface area (TPSA) is 124 Å². The van der Waals surface area contributed by atoms with Gasteiger partial charge in [-0.25, -0.2) is 13.2 Å². The second-order valence-corrected chi connectivity index (χ2v) is 6.80. The first-order valence-electron chi connectivity index (χ1n) is 6.17. The molecule has 0 saturated carbocycles. The molecule has 0 radical (unpaired) electrons. The summed E-state index contributed by atoms with van der Waals surface area (Å²) in [7, 11) is -3.40. The summed E-state index contributed by atoms with van der Waals surface area (Å²) in [4.78, 5) is 21.4. The van der Waals surface area contributed by atoms with E-state index in [0.29, 0.717) is 11.3 Å². The Bertz CT molecular complexity index is 638. The van der Waals surface area contributed by atoms with Crippen LogP contribution in [0.3, 0.4) is 0 Å². The lowest BCUT2D eigenvalue weighted by Crippen LogP contribution is -2.21. The molecule has 0 aliphatic heterocycles. The van der Waals surface area contributed by atoms with Gasteiger partial charge in [0.15, 0.2) is 9.84 Å². The first kappa shape index (κ1) is 17.0. The van der Waals surface area contributed by atoms with E-state index in [-0.39, 0.29) is 30.1 Å². The van der Waals surface area contributed by atoms with Crippen LogP contribution in [-0.4, -0.2) is 43.5 Å². The lowest BCUT2D eigenvalue weighted by Gasteiger charge is -2.08. The zero-order valence-corrected chi connectivity index (χ0v) is 12.4. The van der Waals surface area contributed by atoms with E-state index in [1.165, 1.54) is 18.2 Å². The predicted octanol–water partition coefficient (Wildman–Crippen LogP) is 0.362. The summed E-state index contributed by atoms with van der Waals surface area (Å²) < 4.78 is 28.4. The smallest absolute Gasteiger partial charge is 0.335 e. The first-order chi connectivity index (χ1) is 9.71. The van der Waals surface area contributed by atoms with Gasteiger partial charge in [-0.2, -0.15) is 0 Å². The largest absolute Gasteiger partial charge is 0.493 e. The Morgan fingerprint density at radius 1 is 1.29 bits per heavy atom. The Hall–Kier alpha value is -2.09. The zero-order valence-electron chi connectivity index (χ0n) is 11.5. The molecule has 0 saturated heterocycles. The minimum absolute atomic E-state index is 0.0764. The van der Waals surface area contributed by atoms with Gasteiger partial charge in [0.05, 0.1) is 17.1 Å². The number of rotatable bonds is 8. The van der Waals surface area contributed by atoms with Crippen LogP contribution in [0.4, 0.5) is 0 Å². The Balaban J connectivity index is 2.55. The molecule has 1 aromatic rings. The number of nitrogens with two attached hydrogens (primary N) is 1. The molecule has 3 N–H and O–H groups in total. The van der Waals surface area contributed by atoms with Gasteiger partial charge in [-0.3, -0.25) is 4.79 Å². The number of hydrogen-bond acceptors (Lipinski definition) is 5. The van der Waals surface area contributed by atoms with Crippen molar-refractivity contribution in [3.63, 3.8) is 0 Å². The number of aryl methyl sites for hydroxylation is 1. The van der Waals surface area contributed by atoms with Crippen molar-refractivity contribution >= 4 is 21.7 Å². The van der Waals surface area contributed by atoms with Gasteiger partial charge in [-0.1, -0.05) is 0 Å². The standard InChI is InChI=1S/C13H17NO6S/c1-9-8-10(2-3-11(9)13(16)17)20-5-7-21(18,19)6-4-12(14)15/h2-3,8H,4-7H2,1H3,(H2,14,15)(H,16,17). The molecule has 0 unspecified atom stereocenters. The Morgan fingerprint density at radius 2 is 1.95 bits per heavy atom. The van der Waals surface area contributed by atoms with Crippen molar-refractivity contribution in [2.45, 2.75) is 13.3 Å². The summed E-state index contributed by atoms with van der Waals surface area (Å²) in [6.07, 6.45) is -0.214. The lowest BCUT2D eigenvalue weighted by molar-refractivity contribution is -0.117. The normalized spacial score (nSPS) is 11.1. The fourth-order valence-electron chi connectivity index (χ4n) is 1.61. The van der Waals surface area contributed by atoms with Crippen molar-refractivity contribution in [1.82, 2.24) is 0 Å². The van der Waals surface area contributed by atoms with Crippen molar-refractivity contribution in [3.8, 4) is 5.75 Å². The number of sulfone groups is 1. The third-order valence-electron chi connectivity index (χ3n) is 2.75. The van der Waals surface area contributed by atoms with Crippen molar-refractivity contribution in [3.05, 3.63) is 29.3 Å². The maximum atomic E-state index is 11.6. The quantitative estimate of drug-likeness (QED) is 0.714. The SMILES string of the molecule is Cc1cc(OCCS(=O)(=O)CCC(N)=O)ccc1C(=O)O. The second kappa shape index (κ2) is 7.07. The summed E-state index contributed by atoms with van der Waals surface area (Å²) in [6, 6.07) is 4.39. The summed E-state index contributed by atoms with van der Waals surface area (Å²) in [5, 5.41) is 8.89. The highest BCUT2D eigenvalue weighted by Gasteiger charge is 2.13. The van der Waals surface area contributed by atoms with Gasteiger partial charge < -0.3 is 15.6 Å². The fourth-order valence-corrected chi connectivity index (χ4v) is 2.66. The molecule has 1 amide bonds.